The Labute approximate surface area is 149 Å². The molecule has 2 rings (SSSR count). The first-order chi connectivity index (χ1) is 11.1. The molecule has 0 aliphatic carbocycles. The molecular weight excluding hydrogens is 332 g/mol. The standard InChI is InChI=1S/C17H26N2O4.ClH/c1-19(17(20)16-6-4-7-18-16)8-5-9-23-15-11-13(21-2)10-14(12-15)22-3;/h10-12,16,18H,4-9H2,1-3H3;1H. The highest BCUT2D eigenvalue weighted by Crippen LogP contribution is 2.27. The predicted octanol–water partition coefficient (Wildman–Crippen LogP) is 2.10. The molecule has 136 valence electrons. The monoisotopic (exact) mass is 358 g/mol. The number of hydrogen-bond acceptors (Lipinski definition) is 5. The Morgan fingerprint density at radius 1 is 1.21 bits per heavy atom. The molecule has 1 atom stereocenters. The van der Waals surface area contributed by atoms with Crippen molar-refractivity contribution in [2.45, 2.75) is 25.3 Å². The van der Waals surface area contributed by atoms with Crippen LogP contribution in [0.2, 0.25) is 0 Å². The van der Waals surface area contributed by atoms with Gasteiger partial charge in [0, 0.05) is 31.8 Å². The fourth-order valence-corrected chi connectivity index (χ4v) is 2.63. The minimum atomic E-state index is -0.0106. The molecule has 1 aliphatic rings. The SMILES string of the molecule is COc1cc(OC)cc(OCCCN(C)C(=O)C2CCCN2)c1.Cl. The number of methoxy groups -OCH3 is 2. The van der Waals surface area contributed by atoms with Crippen molar-refractivity contribution >= 4 is 18.3 Å². The van der Waals surface area contributed by atoms with Crippen LogP contribution in [-0.4, -0.2) is 57.8 Å². The summed E-state index contributed by atoms with van der Waals surface area (Å²) in [6, 6.07) is 5.43. The van der Waals surface area contributed by atoms with Crippen LogP contribution >= 0.6 is 12.4 Å². The van der Waals surface area contributed by atoms with Gasteiger partial charge in [0.15, 0.2) is 0 Å². The first-order valence-corrected chi connectivity index (χ1v) is 7.98. The first kappa shape index (κ1) is 20.4. The van der Waals surface area contributed by atoms with Crippen LogP contribution < -0.4 is 19.5 Å². The van der Waals surface area contributed by atoms with E-state index in [2.05, 4.69) is 5.32 Å². The van der Waals surface area contributed by atoms with Gasteiger partial charge < -0.3 is 24.4 Å². The highest BCUT2D eigenvalue weighted by molar-refractivity contribution is 5.85. The third-order valence-corrected chi connectivity index (χ3v) is 3.97. The van der Waals surface area contributed by atoms with Gasteiger partial charge in [0.05, 0.1) is 26.9 Å². The van der Waals surface area contributed by atoms with E-state index in [-0.39, 0.29) is 24.4 Å². The van der Waals surface area contributed by atoms with Crippen LogP contribution in [0.5, 0.6) is 17.2 Å². The molecule has 1 aromatic rings. The Morgan fingerprint density at radius 2 is 1.83 bits per heavy atom. The maximum Gasteiger partial charge on any atom is 0.239 e. The van der Waals surface area contributed by atoms with Crippen molar-refractivity contribution in [3.63, 3.8) is 0 Å². The van der Waals surface area contributed by atoms with Crippen molar-refractivity contribution in [3.8, 4) is 17.2 Å². The summed E-state index contributed by atoms with van der Waals surface area (Å²) in [5.41, 5.74) is 0. The molecule has 24 heavy (non-hydrogen) atoms. The number of hydrogen-bond donors (Lipinski definition) is 1. The quantitative estimate of drug-likeness (QED) is 0.721. The largest absolute Gasteiger partial charge is 0.496 e. The van der Waals surface area contributed by atoms with Gasteiger partial charge in [0.25, 0.3) is 0 Å². The summed E-state index contributed by atoms with van der Waals surface area (Å²) in [5, 5.41) is 3.23. The van der Waals surface area contributed by atoms with Crippen LogP contribution in [0, 0.1) is 0 Å². The van der Waals surface area contributed by atoms with E-state index in [1.807, 2.05) is 19.2 Å². The molecule has 1 aromatic carbocycles. The van der Waals surface area contributed by atoms with Crippen LogP contribution in [0.1, 0.15) is 19.3 Å². The molecule has 0 aromatic heterocycles. The second-order valence-electron chi connectivity index (χ2n) is 5.66. The van der Waals surface area contributed by atoms with Crippen molar-refractivity contribution in [2.75, 3.05) is 41.0 Å². The lowest BCUT2D eigenvalue weighted by molar-refractivity contribution is -0.131. The first-order valence-electron chi connectivity index (χ1n) is 7.98. The third-order valence-electron chi connectivity index (χ3n) is 3.97. The molecule has 1 heterocycles. The molecule has 1 unspecified atom stereocenters. The van der Waals surface area contributed by atoms with Gasteiger partial charge >= 0.3 is 0 Å². The normalized spacial score (nSPS) is 16.2. The lowest BCUT2D eigenvalue weighted by Gasteiger charge is -2.21. The molecule has 0 saturated carbocycles. The fraction of sp³-hybridized carbons (Fsp3) is 0.588. The number of halogens is 1. The second-order valence-corrected chi connectivity index (χ2v) is 5.66. The van der Waals surface area contributed by atoms with E-state index in [4.69, 9.17) is 14.2 Å². The van der Waals surface area contributed by atoms with Gasteiger partial charge in [0.2, 0.25) is 5.91 Å². The van der Waals surface area contributed by atoms with Crippen molar-refractivity contribution in [2.24, 2.45) is 0 Å². The predicted molar refractivity (Wildman–Crippen MR) is 95.6 cm³/mol. The van der Waals surface area contributed by atoms with E-state index in [1.165, 1.54) is 0 Å². The number of carbonyl (C=O) groups is 1. The van der Waals surface area contributed by atoms with Crippen LogP contribution in [-0.2, 0) is 4.79 Å². The van der Waals surface area contributed by atoms with Crippen molar-refractivity contribution in [1.82, 2.24) is 10.2 Å². The number of likely N-dealkylation sites (N-methyl/N-ethyl adjacent to an activating group) is 1. The maximum atomic E-state index is 12.2. The molecular formula is C17H27ClN2O4. The number of nitrogens with one attached hydrogen (secondary N) is 1. The van der Waals surface area contributed by atoms with E-state index >= 15 is 0 Å². The number of rotatable bonds is 8. The molecule has 1 saturated heterocycles. The summed E-state index contributed by atoms with van der Waals surface area (Å²) in [7, 11) is 5.06. The number of carbonyl (C=O) groups excluding carboxylic acids is 1. The van der Waals surface area contributed by atoms with E-state index < -0.39 is 0 Å². The van der Waals surface area contributed by atoms with Crippen LogP contribution in [0.15, 0.2) is 18.2 Å². The Kier molecular flexibility index (Phi) is 8.71. The molecule has 1 N–H and O–H groups in total. The van der Waals surface area contributed by atoms with Gasteiger partial charge in [-0.3, -0.25) is 4.79 Å². The van der Waals surface area contributed by atoms with Gasteiger partial charge in [-0.25, -0.2) is 0 Å². The molecule has 1 aliphatic heterocycles. The van der Waals surface area contributed by atoms with E-state index in [0.29, 0.717) is 30.4 Å². The topological polar surface area (TPSA) is 60.0 Å². The Morgan fingerprint density at radius 3 is 2.38 bits per heavy atom. The zero-order valence-corrected chi connectivity index (χ0v) is 15.4. The third kappa shape index (κ3) is 5.76. The summed E-state index contributed by atoms with van der Waals surface area (Å²) in [5.74, 6) is 2.26. The summed E-state index contributed by atoms with van der Waals surface area (Å²) < 4.78 is 16.2. The molecule has 1 fully saturated rings. The van der Waals surface area contributed by atoms with Crippen LogP contribution in [0.25, 0.3) is 0 Å². The zero-order chi connectivity index (χ0) is 16.7. The highest BCUT2D eigenvalue weighted by atomic mass is 35.5. The zero-order valence-electron chi connectivity index (χ0n) is 14.5. The van der Waals surface area contributed by atoms with E-state index in [1.54, 1.807) is 25.2 Å². The molecule has 6 nitrogen and oxygen atoms in total. The molecule has 1 amide bonds. The highest BCUT2D eigenvalue weighted by Gasteiger charge is 2.24. The number of ether oxygens (including phenoxy) is 3. The van der Waals surface area contributed by atoms with Crippen LogP contribution in [0.4, 0.5) is 0 Å². The molecule has 7 heteroatoms. The van der Waals surface area contributed by atoms with Crippen molar-refractivity contribution < 1.29 is 19.0 Å². The molecule has 0 spiro atoms. The van der Waals surface area contributed by atoms with Crippen molar-refractivity contribution in [3.05, 3.63) is 18.2 Å². The van der Waals surface area contributed by atoms with Crippen molar-refractivity contribution in [1.29, 1.82) is 0 Å². The Balaban J connectivity index is 0.00000288. The Bertz CT molecular complexity index is 499. The van der Waals surface area contributed by atoms with E-state index in [0.717, 1.165) is 25.8 Å². The fourth-order valence-electron chi connectivity index (χ4n) is 2.63. The number of nitrogens with zero attached hydrogens (tertiary/aromatic N) is 1. The summed E-state index contributed by atoms with van der Waals surface area (Å²) >= 11 is 0. The lowest BCUT2D eigenvalue weighted by Crippen LogP contribution is -2.42. The summed E-state index contributed by atoms with van der Waals surface area (Å²) in [6.07, 6.45) is 2.78. The molecule has 0 bridgehead atoms. The van der Waals surface area contributed by atoms with Gasteiger partial charge in [-0.2, -0.15) is 0 Å². The number of amides is 1. The molecule has 0 radical (unpaired) electrons. The van der Waals surface area contributed by atoms with Gasteiger partial charge in [-0.05, 0) is 25.8 Å². The minimum Gasteiger partial charge on any atom is -0.496 e. The Hall–Kier alpha value is -1.66. The van der Waals surface area contributed by atoms with Gasteiger partial charge in [-0.15, -0.1) is 12.4 Å². The average Bonchev–Trinajstić information content (AvgIpc) is 3.11. The maximum absolute atomic E-state index is 12.2. The van der Waals surface area contributed by atoms with Gasteiger partial charge in [-0.1, -0.05) is 0 Å². The smallest absolute Gasteiger partial charge is 0.239 e. The number of benzene rings is 1. The average molecular weight is 359 g/mol. The van der Waals surface area contributed by atoms with Crippen LogP contribution in [0.3, 0.4) is 0 Å². The van der Waals surface area contributed by atoms with E-state index in [9.17, 15) is 4.79 Å². The van der Waals surface area contributed by atoms with Gasteiger partial charge in [0.1, 0.15) is 17.2 Å². The minimum absolute atomic E-state index is 0. The summed E-state index contributed by atoms with van der Waals surface area (Å²) in [6.45, 7) is 2.15. The second kappa shape index (κ2) is 10.3. The summed E-state index contributed by atoms with van der Waals surface area (Å²) in [4.78, 5) is 13.9. The lowest BCUT2D eigenvalue weighted by atomic mass is 10.2.